The molecular weight excluding hydrogens is 298 g/mol. The van der Waals surface area contributed by atoms with E-state index >= 15 is 0 Å². The van der Waals surface area contributed by atoms with Crippen LogP contribution in [0.1, 0.15) is 42.0 Å². The smallest absolute Gasteiger partial charge is 0.315 e. The topological polar surface area (TPSA) is 63.2 Å². The van der Waals surface area contributed by atoms with Crippen LogP contribution in [0.5, 0.6) is 0 Å². The first-order chi connectivity index (χ1) is 10.7. The predicted octanol–water partition coefficient (Wildman–Crippen LogP) is 2.64. The third-order valence-electron chi connectivity index (χ3n) is 4.91. The van der Waals surface area contributed by atoms with Crippen LogP contribution in [0.4, 0.5) is 4.79 Å². The van der Waals surface area contributed by atoms with Gasteiger partial charge in [-0.1, -0.05) is 12.8 Å². The van der Waals surface area contributed by atoms with E-state index in [0.717, 1.165) is 31.1 Å². The summed E-state index contributed by atoms with van der Waals surface area (Å²) in [6.07, 6.45) is 8.54. The molecule has 6 heteroatoms. The lowest BCUT2D eigenvalue weighted by atomic mass is 9.76. The maximum absolute atomic E-state index is 12.2. The predicted molar refractivity (Wildman–Crippen MR) is 87.2 cm³/mol. The zero-order valence-electron chi connectivity index (χ0n) is 13.2. The van der Waals surface area contributed by atoms with Crippen LogP contribution in [0.3, 0.4) is 0 Å². The molecule has 122 valence electrons. The number of aryl methyl sites for hydroxylation is 1. The molecular formula is C16H25N3O2S. The molecule has 2 heterocycles. The maximum atomic E-state index is 12.2. The van der Waals surface area contributed by atoms with E-state index in [2.05, 4.69) is 15.6 Å². The second-order valence-electron chi connectivity index (χ2n) is 6.46. The summed E-state index contributed by atoms with van der Waals surface area (Å²) in [6.45, 7) is 4.22. The van der Waals surface area contributed by atoms with Gasteiger partial charge in [-0.15, -0.1) is 11.3 Å². The fourth-order valence-corrected chi connectivity index (χ4v) is 4.50. The molecule has 0 bridgehead atoms. The third-order valence-corrected chi connectivity index (χ3v) is 5.88. The molecule has 0 unspecified atom stereocenters. The van der Waals surface area contributed by atoms with Crippen molar-refractivity contribution < 1.29 is 9.53 Å². The minimum Gasteiger partial charge on any atom is -0.381 e. The van der Waals surface area contributed by atoms with Crippen molar-refractivity contribution in [3.8, 4) is 0 Å². The van der Waals surface area contributed by atoms with E-state index in [1.54, 1.807) is 11.3 Å². The Kier molecular flexibility index (Phi) is 4.98. The quantitative estimate of drug-likeness (QED) is 0.895. The number of hydrogen-bond donors (Lipinski definition) is 2. The highest BCUT2D eigenvalue weighted by atomic mass is 32.1. The van der Waals surface area contributed by atoms with Crippen molar-refractivity contribution in [3.63, 3.8) is 0 Å². The Hall–Kier alpha value is -1.14. The van der Waals surface area contributed by atoms with Crippen molar-refractivity contribution >= 4 is 17.4 Å². The van der Waals surface area contributed by atoms with Crippen molar-refractivity contribution in [1.29, 1.82) is 0 Å². The summed E-state index contributed by atoms with van der Waals surface area (Å²) in [5, 5.41) is 7.26. The van der Waals surface area contributed by atoms with Crippen molar-refractivity contribution in [2.45, 2.75) is 51.5 Å². The van der Waals surface area contributed by atoms with Crippen LogP contribution in [-0.2, 0) is 11.2 Å². The van der Waals surface area contributed by atoms with Crippen molar-refractivity contribution in [3.05, 3.63) is 16.1 Å². The zero-order valence-corrected chi connectivity index (χ0v) is 14.0. The Morgan fingerprint density at radius 2 is 2.32 bits per heavy atom. The average Bonchev–Trinajstić information content (AvgIpc) is 3.12. The van der Waals surface area contributed by atoms with Gasteiger partial charge in [0.2, 0.25) is 0 Å². The van der Waals surface area contributed by atoms with Crippen LogP contribution in [-0.4, -0.2) is 36.8 Å². The number of urea groups is 1. The fraction of sp³-hybridized carbons (Fsp3) is 0.750. The molecule has 22 heavy (non-hydrogen) atoms. The molecule has 1 aromatic heterocycles. The number of ether oxygens (including phenoxy) is 1. The molecule has 2 aliphatic rings. The van der Waals surface area contributed by atoms with Crippen LogP contribution in [0.2, 0.25) is 0 Å². The van der Waals surface area contributed by atoms with E-state index in [4.69, 9.17) is 4.74 Å². The van der Waals surface area contributed by atoms with Crippen LogP contribution in [0.25, 0.3) is 0 Å². The normalized spacial score (nSPS) is 23.6. The van der Waals surface area contributed by atoms with Crippen LogP contribution < -0.4 is 10.6 Å². The molecule has 1 aliphatic carbocycles. The van der Waals surface area contributed by atoms with E-state index in [1.807, 2.05) is 13.1 Å². The van der Waals surface area contributed by atoms with Gasteiger partial charge in [0.15, 0.2) is 0 Å². The largest absolute Gasteiger partial charge is 0.381 e. The number of thiazole rings is 1. The van der Waals surface area contributed by atoms with Crippen molar-refractivity contribution in [2.75, 3.05) is 19.8 Å². The molecule has 2 amide bonds. The Bertz CT molecular complexity index is 511. The summed E-state index contributed by atoms with van der Waals surface area (Å²) in [5.74, 6) is 0. The Labute approximate surface area is 135 Å². The Morgan fingerprint density at radius 1 is 1.50 bits per heavy atom. The summed E-state index contributed by atoms with van der Waals surface area (Å²) in [4.78, 5) is 17.6. The number of amides is 2. The second kappa shape index (κ2) is 6.96. The number of aromatic nitrogens is 1. The van der Waals surface area contributed by atoms with Gasteiger partial charge in [-0.2, -0.15) is 0 Å². The van der Waals surface area contributed by atoms with E-state index < -0.39 is 0 Å². The van der Waals surface area contributed by atoms with Crippen LogP contribution in [0, 0.1) is 12.3 Å². The van der Waals surface area contributed by atoms with Gasteiger partial charge in [0.25, 0.3) is 0 Å². The zero-order chi connectivity index (χ0) is 15.4. The van der Waals surface area contributed by atoms with Gasteiger partial charge in [-0.05, 0) is 26.2 Å². The lowest BCUT2D eigenvalue weighted by Gasteiger charge is -2.41. The lowest BCUT2D eigenvalue weighted by molar-refractivity contribution is -0.0263. The Balaban J connectivity index is 1.46. The van der Waals surface area contributed by atoms with E-state index in [1.165, 1.54) is 30.6 Å². The molecule has 0 radical (unpaired) electrons. The average molecular weight is 323 g/mol. The summed E-state index contributed by atoms with van der Waals surface area (Å²) in [6, 6.07) is 0.216. The van der Waals surface area contributed by atoms with Gasteiger partial charge in [-0.3, -0.25) is 0 Å². The number of nitrogens with zero attached hydrogens (tertiary/aromatic N) is 1. The first-order valence-electron chi connectivity index (χ1n) is 8.21. The minimum atomic E-state index is -0.0422. The monoisotopic (exact) mass is 323 g/mol. The molecule has 2 N–H and O–H groups in total. The van der Waals surface area contributed by atoms with Crippen LogP contribution >= 0.6 is 11.3 Å². The molecule has 5 nitrogen and oxygen atoms in total. The third kappa shape index (κ3) is 3.60. The summed E-state index contributed by atoms with van der Waals surface area (Å²) >= 11 is 1.69. The van der Waals surface area contributed by atoms with Crippen molar-refractivity contribution in [2.24, 2.45) is 5.41 Å². The van der Waals surface area contributed by atoms with E-state index in [0.29, 0.717) is 6.54 Å². The molecule has 1 saturated heterocycles. The first-order valence-corrected chi connectivity index (χ1v) is 9.03. The second-order valence-corrected chi connectivity index (χ2v) is 7.78. The highest BCUT2D eigenvalue weighted by molar-refractivity contribution is 7.11. The van der Waals surface area contributed by atoms with Gasteiger partial charge in [0.1, 0.15) is 0 Å². The van der Waals surface area contributed by atoms with Crippen LogP contribution in [0.15, 0.2) is 6.20 Å². The molecule has 3 rings (SSSR count). The van der Waals surface area contributed by atoms with Gasteiger partial charge in [-0.25, -0.2) is 9.78 Å². The highest BCUT2D eigenvalue weighted by Crippen LogP contribution is 2.44. The number of hydrogen-bond acceptors (Lipinski definition) is 4. The van der Waals surface area contributed by atoms with Gasteiger partial charge in [0.05, 0.1) is 11.6 Å². The maximum Gasteiger partial charge on any atom is 0.315 e. The number of carbonyl (C=O) groups excluding carboxylic acids is 1. The summed E-state index contributed by atoms with van der Waals surface area (Å²) in [7, 11) is 0. The number of nitrogens with one attached hydrogen (secondary N) is 2. The molecule has 1 saturated carbocycles. The number of rotatable bonds is 4. The Morgan fingerprint density at radius 3 is 3.05 bits per heavy atom. The van der Waals surface area contributed by atoms with Gasteiger partial charge >= 0.3 is 6.03 Å². The first kappa shape index (κ1) is 15.7. The SMILES string of the molecule is Cc1ncc(CCNC(=O)N[C@H]2CCOCC23CCCC3)s1. The van der Waals surface area contributed by atoms with Gasteiger partial charge in [0, 0.05) is 42.1 Å². The fourth-order valence-electron chi connectivity index (χ4n) is 3.71. The minimum absolute atomic E-state index is 0.0422. The molecule has 1 spiro atoms. The molecule has 2 fully saturated rings. The van der Waals surface area contributed by atoms with E-state index in [-0.39, 0.29) is 17.5 Å². The highest BCUT2D eigenvalue weighted by Gasteiger charge is 2.44. The molecule has 1 aliphatic heterocycles. The summed E-state index contributed by atoms with van der Waals surface area (Å²) in [5.41, 5.74) is 0.185. The van der Waals surface area contributed by atoms with E-state index in [9.17, 15) is 4.79 Å². The van der Waals surface area contributed by atoms with Crippen molar-refractivity contribution in [1.82, 2.24) is 15.6 Å². The summed E-state index contributed by atoms with van der Waals surface area (Å²) < 4.78 is 5.68. The molecule has 0 aromatic carbocycles. The molecule has 1 aromatic rings. The standard InChI is InChI=1S/C16H25N3O2S/c1-12-18-10-13(22-12)4-8-17-15(20)19-14-5-9-21-11-16(14)6-2-3-7-16/h10,14H,2-9,11H2,1H3,(H2,17,19,20)/t14-/m0/s1. The lowest BCUT2D eigenvalue weighted by Crippen LogP contribution is -2.54. The molecule has 1 atom stereocenters. The van der Waals surface area contributed by atoms with Gasteiger partial charge < -0.3 is 15.4 Å². The number of carbonyl (C=O) groups is 1.